The van der Waals surface area contributed by atoms with Gasteiger partial charge in [-0.05, 0) is 29.8 Å². The summed E-state index contributed by atoms with van der Waals surface area (Å²) < 4.78 is 16.3. The highest BCUT2D eigenvalue weighted by Gasteiger charge is 2.23. The van der Waals surface area contributed by atoms with E-state index in [9.17, 15) is 4.79 Å². The predicted molar refractivity (Wildman–Crippen MR) is 112 cm³/mol. The molecule has 2 aromatic heterocycles. The van der Waals surface area contributed by atoms with E-state index in [0.717, 1.165) is 23.4 Å². The van der Waals surface area contributed by atoms with E-state index < -0.39 is 0 Å². The zero-order valence-corrected chi connectivity index (χ0v) is 17.3. The van der Waals surface area contributed by atoms with Gasteiger partial charge in [-0.15, -0.1) is 0 Å². The molecule has 0 saturated carbocycles. The van der Waals surface area contributed by atoms with Crippen LogP contribution in [0.3, 0.4) is 0 Å². The fraction of sp³-hybridized carbons (Fsp3) is 0.318. The van der Waals surface area contributed by atoms with E-state index in [0.29, 0.717) is 48.1 Å². The van der Waals surface area contributed by atoms with Crippen LogP contribution in [-0.4, -0.2) is 47.7 Å². The first-order valence-electron chi connectivity index (χ1n) is 9.66. The summed E-state index contributed by atoms with van der Waals surface area (Å²) in [7, 11) is 4.79. The van der Waals surface area contributed by atoms with Crippen LogP contribution in [-0.2, 0) is 19.5 Å². The van der Waals surface area contributed by atoms with Gasteiger partial charge in [0.15, 0.2) is 11.5 Å². The molecule has 0 radical (unpaired) electrons. The minimum Gasteiger partial charge on any atom is -0.493 e. The maximum atomic E-state index is 12.7. The number of hydrogen-bond donors (Lipinski definition) is 1. The molecular formula is C22H24N4O4. The van der Waals surface area contributed by atoms with Crippen molar-refractivity contribution in [3.8, 4) is 28.6 Å². The lowest BCUT2D eigenvalue weighted by atomic mass is 10.0. The normalized spacial score (nSPS) is 13.6. The second-order valence-electron chi connectivity index (χ2n) is 7.07. The number of benzene rings is 1. The number of pyridine rings is 1. The summed E-state index contributed by atoms with van der Waals surface area (Å²) in [4.78, 5) is 26.6. The molecule has 1 aliphatic heterocycles. The standard InChI is InChI=1S/C22H24N4O4/c1-28-18-10-14(11-19(29-2)20(18)30-3)12-26-9-6-17-16(13-26)22(27)25-21(24-17)15-4-7-23-8-5-15/h4-5,7-8,10-11H,6,9,12-13H2,1-3H3,(H,24,25,27). The van der Waals surface area contributed by atoms with Crippen LogP contribution in [0.25, 0.3) is 11.4 Å². The lowest BCUT2D eigenvalue weighted by Crippen LogP contribution is -2.35. The Balaban J connectivity index is 1.58. The minimum atomic E-state index is -0.0959. The quantitative estimate of drug-likeness (QED) is 0.670. The van der Waals surface area contributed by atoms with Gasteiger partial charge in [0.1, 0.15) is 5.82 Å². The third kappa shape index (κ3) is 3.86. The van der Waals surface area contributed by atoms with Crippen LogP contribution < -0.4 is 19.8 Å². The highest BCUT2D eigenvalue weighted by atomic mass is 16.5. The second kappa shape index (κ2) is 8.54. The molecule has 3 aromatic rings. The zero-order chi connectivity index (χ0) is 21.1. The van der Waals surface area contributed by atoms with Crippen LogP contribution in [0.2, 0.25) is 0 Å². The van der Waals surface area contributed by atoms with Crippen molar-refractivity contribution in [3.63, 3.8) is 0 Å². The highest BCUT2D eigenvalue weighted by Crippen LogP contribution is 2.38. The first kappa shape index (κ1) is 19.9. The lowest BCUT2D eigenvalue weighted by molar-refractivity contribution is 0.240. The van der Waals surface area contributed by atoms with Crippen LogP contribution >= 0.6 is 0 Å². The maximum absolute atomic E-state index is 12.7. The predicted octanol–water partition coefficient (Wildman–Crippen LogP) is 2.42. The van der Waals surface area contributed by atoms with Crippen LogP contribution in [0.1, 0.15) is 16.8 Å². The Morgan fingerprint density at radius 3 is 2.40 bits per heavy atom. The van der Waals surface area contributed by atoms with Gasteiger partial charge < -0.3 is 19.2 Å². The highest BCUT2D eigenvalue weighted by molar-refractivity contribution is 5.55. The van der Waals surface area contributed by atoms with E-state index in [1.165, 1.54) is 0 Å². The summed E-state index contributed by atoms with van der Waals surface area (Å²) in [5, 5.41) is 0. The van der Waals surface area contributed by atoms with Crippen molar-refractivity contribution in [2.75, 3.05) is 27.9 Å². The van der Waals surface area contributed by atoms with Crippen molar-refractivity contribution in [3.05, 3.63) is 63.8 Å². The molecule has 0 saturated heterocycles. The first-order valence-corrected chi connectivity index (χ1v) is 9.66. The van der Waals surface area contributed by atoms with Crippen molar-refractivity contribution in [1.82, 2.24) is 19.9 Å². The number of hydrogen-bond acceptors (Lipinski definition) is 7. The molecule has 0 amide bonds. The van der Waals surface area contributed by atoms with E-state index >= 15 is 0 Å². The van der Waals surface area contributed by atoms with Crippen LogP contribution in [0.15, 0.2) is 41.5 Å². The molecule has 0 spiro atoms. The molecule has 1 N–H and O–H groups in total. The molecule has 1 aromatic carbocycles. The Labute approximate surface area is 174 Å². The van der Waals surface area contributed by atoms with Gasteiger partial charge >= 0.3 is 0 Å². The largest absolute Gasteiger partial charge is 0.493 e. The topological polar surface area (TPSA) is 89.6 Å². The molecule has 8 heteroatoms. The molecule has 4 rings (SSSR count). The van der Waals surface area contributed by atoms with Gasteiger partial charge in [-0.25, -0.2) is 4.98 Å². The lowest BCUT2D eigenvalue weighted by Gasteiger charge is -2.28. The van der Waals surface area contributed by atoms with Gasteiger partial charge in [0.25, 0.3) is 5.56 Å². The monoisotopic (exact) mass is 408 g/mol. The molecule has 0 atom stereocenters. The smallest absolute Gasteiger partial charge is 0.255 e. The number of methoxy groups -OCH3 is 3. The van der Waals surface area contributed by atoms with Crippen molar-refractivity contribution >= 4 is 0 Å². The Morgan fingerprint density at radius 2 is 1.77 bits per heavy atom. The van der Waals surface area contributed by atoms with Gasteiger partial charge in [0, 0.05) is 44.0 Å². The molecule has 156 valence electrons. The van der Waals surface area contributed by atoms with Gasteiger partial charge in [-0.3, -0.25) is 14.7 Å². The van der Waals surface area contributed by atoms with E-state index in [1.807, 2.05) is 24.3 Å². The number of fused-ring (bicyclic) bond motifs is 1. The number of rotatable bonds is 6. The third-order valence-corrected chi connectivity index (χ3v) is 5.23. The Hall–Kier alpha value is -3.39. The summed E-state index contributed by atoms with van der Waals surface area (Å²) in [6, 6.07) is 7.55. The van der Waals surface area contributed by atoms with Gasteiger partial charge in [-0.1, -0.05) is 0 Å². The Kier molecular flexibility index (Phi) is 5.67. The average molecular weight is 408 g/mol. The van der Waals surface area contributed by atoms with Crippen molar-refractivity contribution < 1.29 is 14.2 Å². The summed E-state index contributed by atoms with van der Waals surface area (Å²) >= 11 is 0. The van der Waals surface area contributed by atoms with Gasteiger partial charge in [-0.2, -0.15) is 0 Å². The van der Waals surface area contributed by atoms with Crippen molar-refractivity contribution in [2.24, 2.45) is 0 Å². The molecule has 0 bridgehead atoms. The van der Waals surface area contributed by atoms with Crippen LogP contribution in [0.5, 0.6) is 17.2 Å². The minimum absolute atomic E-state index is 0.0959. The molecule has 30 heavy (non-hydrogen) atoms. The summed E-state index contributed by atoms with van der Waals surface area (Å²) in [6.45, 7) is 1.99. The number of aromatic nitrogens is 3. The molecule has 0 fully saturated rings. The molecule has 0 unspecified atom stereocenters. The fourth-order valence-electron chi connectivity index (χ4n) is 3.75. The van der Waals surface area contributed by atoms with E-state index in [1.54, 1.807) is 33.7 Å². The van der Waals surface area contributed by atoms with Crippen LogP contribution in [0, 0.1) is 0 Å². The molecular weight excluding hydrogens is 384 g/mol. The van der Waals surface area contributed by atoms with Gasteiger partial charge in [0.2, 0.25) is 5.75 Å². The zero-order valence-electron chi connectivity index (χ0n) is 17.3. The second-order valence-corrected chi connectivity index (χ2v) is 7.07. The molecule has 1 aliphatic rings. The fourth-order valence-corrected chi connectivity index (χ4v) is 3.75. The molecule has 8 nitrogen and oxygen atoms in total. The van der Waals surface area contributed by atoms with Gasteiger partial charge in [0.05, 0.1) is 32.6 Å². The van der Waals surface area contributed by atoms with E-state index in [-0.39, 0.29) is 5.56 Å². The molecule has 0 aliphatic carbocycles. The van der Waals surface area contributed by atoms with Crippen molar-refractivity contribution in [2.45, 2.75) is 19.5 Å². The number of nitrogens with zero attached hydrogens (tertiary/aromatic N) is 3. The Bertz CT molecular complexity index is 1070. The molecule has 3 heterocycles. The Morgan fingerprint density at radius 1 is 1.07 bits per heavy atom. The number of nitrogens with one attached hydrogen (secondary N) is 1. The first-order chi connectivity index (χ1) is 14.6. The summed E-state index contributed by atoms with van der Waals surface area (Å²) in [5.74, 6) is 2.38. The van der Waals surface area contributed by atoms with Crippen LogP contribution in [0.4, 0.5) is 0 Å². The van der Waals surface area contributed by atoms with Crippen molar-refractivity contribution in [1.29, 1.82) is 0 Å². The maximum Gasteiger partial charge on any atom is 0.255 e. The number of ether oxygens (including phenoxy) is 3. The summed E-state index contributed by atoms with van der Waals surface area (Å²) in [6.07, 6.45) is 4.09. The SMILES string of the molecule is COc1cc(CN2CCc3nc(-c4ccncc4)[nH]c(=O)c3C2)cc(OC)c1OC. The summed E-state index contributed by atoms with van der Waals surface area (Å²) in [5.41, 5.74) is 3.34. The average Bonchev–Trinajstić information content (AvgIpc) is 2.79. The van der Waals surface area contributed by atoms with E-state index in [2.05, 4.69) is 14.9 Å². The number of H-pyrrole nitrogens is 1. The van der Waals surface area contributed by atoms with E-state index in [4.69, 9.17) is 19.2 Å². The third-order valence-electron chi connectivity index (χ3n) is 5.23. The number of aromatic amines is 1.